The highest BCUT2D eigenvalue weighted by atomic mass is 19.1. The summed E-state index contributed by atoms with van der Waals surface area (Å²) in [6.45, 7) is 0. The molecule has 0 spiro atoms. The summed E-state index contributed by atoms with van der Waals surface area (Å²) in [6, 6.07) is 5.75. The zero-order chi connectivity index (χ0) is 14.7. The molecule has 0 aliphatic heterocycles. The molecule has 1 amide bonds. The van der Waals surface area contributed by atoms with Crippen molar-refractivity contribution in [3.63, 3.8) is 0 Å². The minimum Gasteiger partial charge on any atom is -0.347 e. The number of carbonyl (C=O) groups is 1. The molecule has 4 heteroatoms. The summed E-state index contributed by atoms with van der Waals surface area (Å²) in [5, 5.41) is 3.24. The predicted molar refractivity (Wildman–Crippen MR) is 78.2 cm³/mol. The van der Waals surface area contributed by atoms with E-state index >= 15 is 0 Å². The molecule has 4 bridgehead atoms. The molecule has 4 aliphatic rings. The van der Waals surface area contributed by atoms with E-state index in [0.29, 0.717) is 17.4 Å². The van der Waals surface area contributed by atoms with Gasteiger partial charge in [0, 0.05) is 16.6 Å². The van der Waals surface area contributed by atoms with Gasteiger partial charge in [-0.3, -0.25) is 4.79 Å². The van der Waals surface area contributed by atoms with Crippen LogP contribution < -0.4 is 11.1 Å². The van der Waals surface area contributed by atoms with Crippen LogP contribution in [0.15, 0.2) is 24.3 Å². The Morgan fingerprint density at radius 1 is 1.14 bits per heavy atom. The molecule has 2 unspecified atom stereocenters. The van der Waals surface area contributed by atoms with E-state index in [1.807, 2.05) is 0 Å². The first-order valence-corrected chi connectivity index (χ1v) is 7.82. The number of nitrogens with two attached hydrogens (primary N) is 1. The minimum atomic E-state index is -0.317. The smallest absolute Gasteiger partial charge is 0.251 e. The maximum Gasteiger partial charge on any atom is 0.251 e. The van der Waals surface area contributed by atoms with Gasteiger partial charge in [0.1, 0.15) is 5.82 Å². The monoisotopic (exact) mass is 288 g/mol. The van der Waals surface area contributed by atoms with Gasteiger partial charge in [-0.25, -0.2) is 4.39 Å². The van der Waals surface area contributed by atoms with Crippen LogP contribution in [0.4, 0.5) is 4.39 Å². The lowest BCUT2D eigenvalue weighted by Gasteiger charge is -2.61. The van der Waals surface area contributed by atoms with Crippen molar-refractivity contribution in [1.29, 1.82) is 0 Å². The van der Waals surface area contributed by atoms with Crippen LogP contribution in [0.3, 0.4) is 0 Å². The minimum absolute atomic E-state index is 0.0832. The van der Waals surface area contributed by atoms with Gasteiger partial charge >= 0.3 is 0 Å². The molecule has 0 radical (unpaired) electrons. The van der Waals surface area contributed by atoms with E-state index in [1.54, 1.807) is 12.1 Å². The molecule has 4 fully saturated rings. The molecule has 2 atom stereocenters. The highest BCUT2D eigenvalue weighted by molar-refractivity contribution is 5.94. The van der Waals surface area contributed by atoms with Gasteiger partial charge in [0.25, 0.3) is 5.91 Å². The van der Waals surface area contributed by atoms with Crippen molar-refractivity contribution in [2.45, 2.75) is 49.6 Å². The summed E-state index contributed by atoms with van der Waals surface area (Å²) >= 11 is 0. The summed E-state index contributed by atoms with van der Waals surface area (Å²) in [6.07, 6.45) is 6.48. The largest absolute Gasteiger partial charge is 0.347 e. The van der Waals surface area contributed by atoms with E-state index in [-0.39, 0.29) is 22.8 Å². The van der Waals surface area contributed by atoms with Crippen molar-refractivity contribution < 1.29 is 9.18 Å². The van der Waals surface area contributed by atoms with Gasteiger partial charge in [0.15, 0.2) is 0 Å². The van der Waals surface area contributed by atoms with Gasteiger partial charge in [-0.05, 0) is 74.6 Å². The van der Waals surface area contributed by atoms with Crippen LogP contribution in [0.5, 0.6) is 0 Å². The van der Waals surface area contributed by atoms with Crippen LogP contribution in [0.2, 0.25) is 0 Å². The first-order chi connectivity index (χ1) is 9.95. The lowest BCUT2D eigenvalue weighted by molar-refractivity contribution is -0.0320. The van der Waals surface area contributed by atoms with Crippen LogP contribution in [0.1, 0.15) is 48.9 Å². The van der Waals surface area contributed by atoms with Crippen molar-refractivity contribution in [2.75, 3.05) is 0 Å². The summed E-state index contributed by atoms with van der Waals surface area (Å²) < 4.78 is 13.0. The number of carbonyl (C=O) groups excluding carboxylic acids is 1. The number of hydrogen-bond donors (Lipinski definition) is 2. The summed E-state index contributed by atoms with van der Waals surface area (Å²) in [5.41, 5.74) is 6.85. The number of rotatable bonds is 2. The Kier molecular flexibility index (Phi) is 2.71. The average molecular weight is 288 g/mol. The molecule has 0 aromatic heterocycles. The molecule has 4 aliphatic carbocycles. The Morgan fingerprint density at radius 2 is 1.76 bits per heavy atom. The number of hydrogen-bond acceptors (Lipinski definition) is 2. The third-order valence-electron chi connectivity index (χ3n) is 5.59. The van der Waals surface area contributed by atoms with Gasteiger partial charge in [-0.15, -0.1) is 0 Å². The van der Waals surface area contributed by atoms with Gasteiger partial charge < -0.3 is 11.1 Å². The maximum atomic E-state index is 13.0. The van der Waals surface area contributed by atoms with E-state index in [4.69, 9.17) is 5.73 Å². The Labute approximate surface area is 124 Å². The first-order valence-electron chi connectivity index (χ1n) is 7.82. The first kappa shape index (κ1) is 13.3. The Morgan fingerprint density at radius 3 is 2.33 bits per heavy atom. The SMILES string of the molecule is NC12CC3CC(C1)CC(NC(=O)c1ccc(F)cc1)(C3)C2. The molecular weight excluding hydrogens is 267 g/mol. The second kappa shape index (κ2) is 4.29. The molecule has 1 aromatic rings. The molecule has 5 rings (SSSR count). The number of halogens is 1. The molecule has 1 aromatic carbocycles. The maximum absolute atomic E-state index is 13.0. The molecular formula is C17H21FN2O. The quantitative estimate of drug-likeness (QED) is 0.879. The second-order valence-corrected chi connectivity index (χ2v) is 7.56. The van der Waals surface area contributed by atoms with Crippen LogP contribution in [0, 0.1) is 17.7 Å². The standard InChI is InChI=1S/C17H21FN2O/c18-14-3-1-13(2-4-14)15(21)20-17-8-11-5-12(9-17)7-16(19,6-11)10-17/h1-4,11-12H,5-10,19H2,(H,20,21). The van der Waals surface area contributed by atoms with Crippen LogP contribution in [-0.4, -0.2) is 17.0 Å². The van der Waals surface area contributed by atoms with Crippen LogP contribution >= 0.6 is 0 Å². The Hall–Kier alpha value is -1.42. The van der Waals surface area contributed by atoms with E-state index < -0.39 is 0 Å². The van der Waals surface area contributed by atoms with Crippen molar-refractivity contribution in [3.8, 4) is 0 Å². The molecule has 4 saturated carbocycles. The lowest BCUT2D eigenvalue weighted by Crippen LogP contribution is -2.68. The van der Waals surface area contributed by atoms with Gasteiger partial charge in [0.05, 0.1) is 0 Å². The van der Waals surface area contributed by atoms with Crippen molar-refractivity contribution in [2.24, 2.45) is 17.6 Å². The van der Waals surface area contributed by atoms with Crippen LogP contribution in [0.25, 0.3) is 0 Å². The zero-order valence-electron chi connectivity index (χ0n) is 12.1. The summed E-state index contributed by atoms with van der Waals surface area (Å²) in [5.74, 6) is 0.900. The Balaban J connectivity index is 1.56. The van der Waals surface area contributed by atoms with Gasteiger partial charge in [-0.2, -0.15) is 0 Å². The van der Waals surface area contributed by atoms with E-state index in [9.17, 15) is 9.18 Å². The number of benzene rings is 1. The van der Waals surface area contributed by atoms with E-state index in [2.05, 4.69) is 5.32 Å². The molecule has 21 heavy (non-hydrogen) atoms. The summed E-state index contributed by atoms with van der Waals surface area (Å²) in [4.78, 5) is 12.5. The summed E-state index contributed by atoms with van der Waals surface area (Å²) in [7, 11) is 0. The molecule has 112 valence electrons. The van der Waals surface area contributed by atoms with Crippen molar-refractivity contribution in [3.05, 3.63) is 35.6 Å². The molecule has 3 nitrogen and oxygen atoms in total. The molecule has 0 saturated heterocycles. The average Bonchev–Trinajstić information content (AvgIpc) is 2.35. The lowest BCUT2D eigenvalue weighted by atomic mass is 9.50. The van der Waals surface area contributed by atoms with Gasteiger partial charge in [-0.1, -0.05) is 0 Å². The van der Waals surface area contributed by atoms with Gasteiger partial charge in [0.2, 0.25) is 0 Å². The normalized spacial score (nSPS) is 40.3. The molecule has 3 N–H and O–H groups in total. The highest BCUT2D eigenvalue weighted by Gasteiger charge is 2.56. The van der Waals surface area contributed by atoms with E-state index in [1.165, 1.54) is 18.6 Å². The molecule has 0 heterocycles. The predicted octanol–water partition coefficient (Wildman–Crippen LogP) is 2.61. The van der Waals surface area contributed by atoms with E-state index in [0.717, 1.165) is 32.1 Å². The van der Waals surface area contributed by atoms with Crippen molar-refractivity contribution in [1.82, 2.24) is 5.32 Å². The fraction of sp³-hybridized carbons (Fsp3) is 0.588. The zero-order valence-corrected chi connectivity index (χ0v) is 12.1. The Bertz CT molecular complexity index is 569. The fourth-order valence-electron chi connectivity index (χ4n) is 5.39. The third-order valence-corrected chi connectivity index (χ3v) is 5.59. The second-order valence-electron chi connectivity index (χ2n) is 7.56. The third kappa shape index (κ3) is 2.26. The number of nitrogens with one attached hydrogen (secondary N) is 1. The fourth-order valence-corrected chi connectivity index (χ4v) is 5.39. The van der Waals surface area contributed by atoms with Crippen LogP contribution in [-0.2, 0) is 0 Å². The van der Waals surface area contributed by atoms with Crippen molar-refractivity contribution >= 4 is 5.91 Å². The highest BCUT2D eigenvalue weighted by Crippen LogP contribution is 2.56. The number of amides is 1. The topological polar surface area (TPSA) is 55.1 Å².